The molecule has 3 rings (SSSR count). The number of hydrogen-bond acceptors (Lipinski definition) is 1. The number of rotatable bonds is 6. The third-order valence-corrected chi connectivity index (χ3v) is 8.04. The van der Waals surface area contributed by atoms with Gasteiger partial charge in [-0.05, 0) is 119 Å². The quantitative estimate of drug-likeness (QED) is 0.273. The van der Waals surface area contributed by atoms with Crippen molar-refractivity contribution >= 4 is 39.3 Å². The molecule has 2 heteroatoms. The molecule has 0 N–H and O–H groups in total. The minimum Gasteiger partial charge on any atom is -0.0981 e. The fourth-order valence-corrected chi connectivity index (χ4v) is 5.29. The highest BCUT2D eigenvalue weighted by molar-refractivity contribution is 14.1. The van der Waals surface area contributed by atoms with Gasteiger partial charge in [-0.2, -0.15) is 0 Å². The lowest BCUT2D eigenvalue weighted by Crippen LogP contribution is -2.00. The van der Waals surface area contributed by atoms with Crippen LogP contribution < -0.4 is 0 Å². The number of benzene rings is 2. The number of allylic oxidation sites excluding steroid dienone is 1. The van der Waals surface area contributed by atoms with Gasteiger partial charge in [0, 0.05) is 8.48 Å². The zero-order chi connectivity index (χ0) is 21.0. The first-order valence-corrected chi connectivity index (χ1v) is 12.7. The second-order valence-corrected chi connectivity index (χ2v) is 10.8. The second-order valence-electron chi connectivity index (χ2n) is 8.68. The molecule has 0 amide bonds. The smallest absolute Gasteiger partial charge is 0.0162 e. The van der Waals surface area contributed by atoms with Crippen molar-refractivity contribution in [3.63, 3.8) is 0 Å². The van der Waals surface area contributed by atoms with Gasteiger partial charge in [0.05, 0.1) is 0 Å². The van der Waals surface area contributed by atoms with Gasteiger partial charge >= 0.3 is 0 Å². The van der Waals surface area contributed by atoms with E-state index < -0.39 is 0 Å². The summed E-state index contributed by atoms with van der Waals surface area (Å²) in [5.74, 6) is 0.550. The first kappa shape index (κ1) is 22.7. The average Bonchev–Trinajstić information content (AvgIpc) is 2.93. The molecule has 0 unspecified atom stereocenters. The van der Waals surface area contributed by atoms with Crippen LogP contribution in [0.25, 0.3) is 4.91 Å². The number of aryl methyl sites for hydroxylation is 3. The maximum absolute atomic E-state index is 4.37. The summed E-state index contributed by atoms with van der Waals surface area (Å²) in [5.41, 5.74) is 10.1. The predicted molar refractivity (Wildman–Crippen MR) is 140 cm³/mol. The molecule has 0 nitrogen and oxygen atoms in total. The molecule has 0 saturated heterocycles. The molecule has 0 heterocycles. The average molecular weight is 517 g/mol. The third kappa shape index (κ3) is 6.01. The Balaban J connectivity index is 1.71. The normalized spacial score (nSPS) is 14.6. The van der Waals surface area contributed by atoms with E-state index in [-0.39, 0.29) is 0 Å². The highest BCUT2D eigenvalue weighted by atomic mass is 127. The lowest BCUT2D eigenvalue weighted by molar-refractivity contribution is 0.711. The van der Waals surface area contributed by atoms with E-state index in [1.165, 1.54) is 63.5 Å². The van der Waals surface area contributed by atoms with Crippen molar-refractivity contribution in [2.45, 2.75) is 72.1 Å². The van der Waals surface area contributed by atoms with Gasteiger partial charge in [-0.15, -0.1) is 0 Å². The van der Waals surface area contributed by atoms with Gasteiger partial charge in [-0.25, -0.2) is 0 Å². The maximum atomic E-state index is 4.37. The van der Waals surface area contributed by atoms with E-state index in [1.54, 1.807) is 22.9 Å². The van der Waals surface area contributed by atoms with Crippen LogP contribution in [0.2, 0.25) is 0 Å². The summed E-state index contributed by atoms with van der Waals surface area (Å²) in [7, 11) is 0. The monoisotopic (exact) mass is 516 g/mol. The van der Waals surface area contributed by atoms with Crippen LogP contribution in [0.5, 0.6) is 0 Å². The molecule has 0 aliphatic heterocycles. The van der Waals surface area contributed by atoms with E-state index in [1.807, 2.05) is 0 Å². The number of halogens is 1. The predicted octanol–water partition coefficient (Wildman–Crippen LogP) is 8.84. The molecule has 0 bridgehead atoms. The minimum absolute atomic E-state index is 0.550. The van der Waals surface area contributed by atoms with Crippen LogP contribution in [0, 0.1) is 10.5 Å². The Labute approximate surface area is 195 Å². The molecular formula is C27H33IS. The number of hydrogen-bond donors (Lipinski definition) is 0. The molecule has 2 aromatic carbocycles. The molecule has 0 aromatic heterocycles. The lowest BCUT2D eigenvalue weighted by atomic mass is 9.92. The van der Waals surface area contributed by atoms with Gasteiger partial charge in [0.25, 0.3) is 0 Å². The van der Waals surface area contributed by atoms with Crippen molar-refractivity contribution in [3.05, 3.63) is 84.8 Å². The van der Waals surface area contributed by atoms with Crippen LogP contribution in [0.4, 0.5) is 0 Å². The maximum Gasteiger partial charge on any atom is 0.0162 e. The molecule has 0 fully saturated rings. The molecule has 1 aliphatic rings. The Bertz CT molecular complexity index is 920. The molecule has 1 aliphatic carbocycles. The largest absolute Gasteiger partial charge is 0.0981 e. The van der Waals surface area contributed by atoms with E-state index in [0.29, 0.717) is 5.92 Å². The summed E-state index contributed by atoms with van der Waals surface area (Å²) in [6.45, 7) is 13.4. The van der Waals surface area contributed by atoms with E-state index in [0.717, 1.165) is 11.3 Å². The van der Waals surface area contributed by atoms with Crippen molar-refractivity contribution in [2.24, 2.45) is 0 Å². The number of fused-ring (bicyclic) bond motifs is 1. The second kappa shape index (κ2) is 10.3. The van der Waals surface area contributed by atoms with E-state index in [2.05, 4.69) is 92.6 Å². The number of thioether (sulfide) groups is 1. The Hall–Kier alpha value is -1.00. The van der Waals surface area contributed by atoms with Gasteiger partial charge in [0.15, 0.2) is 0 Å². The highest BCUT2D eigenvalue weighted by Gasteiger charge is 2.12. The molecule has 29 heavy (non-hydrogen) atoms. The summed E-state index contributed by atoms with van der Waals surface area (Å²) in [4.78, 5) is 1.15. The third-order valence-electron chi connectivity index (χ3n) is 5.83. The molecule has 0 radical (unpaired) electrons. The summed E-state index contributed by atoms with van der Waals surface area (Å²) in [6.07, 6.45) is 7.48. The van der Waals surface area contributed by atoms with Crippen LogP contribution in [0.1, 0.15) is 79.3 Å². The topological polar surface area (TPSA) is 0 Å². The standard InChI is InChI=1S/C27H33IS/c1-18(2)26-16-27(28)20(4)14-25(26)13-19(3)17-29-21(5)23-12-11-22-9-7-6-8-10-24(22)15-23/h11-12,14-18H,5-10,13H2,1-4H3/b19-17+. The van der Waals surface area contributed by atoms with Crippen molar-refractivity contribution < 1.29 is 0 Å². The molecule has 0 atom stereocenters. The van der Waals surface area contributed by atoms with Crippen molar-refractivity contribution in [3.8, 4) is 0 Å². The van der Waals surface area contributed by atoms with Crippen molar-refractivity contribution in [1.29, 1.82) is 0 Å². The van der Waals surface area contributed by atoms with E-state index >= 15 is 0 Å². The lowest BCUT2D eigenvalue weighted by Gasteiger charge is -2.16. The fraction of sp³-hybridized carbons (Fsp3) is 0.407. The van der Waals surface area contributed by atoms with Crippen molar-refractivity contribution in [1.82, 2.24) is 0 Å². The van der Waals surface area contributed by atoms with Crippen LogP contribution in [0.15, 0.2) is 47.9 Å². The van der Waals surface area contributed by atoms with Crippen LogP contribution in [0.3, 0.4) is 0 Å². The van der Waals surface area contributed by atoms with Crippen molar-refractivity contribution in [2.75, 3.05) is 0 Å². The molecule has 154 valence electrons. The van der Waals surface area contributed by atoms with Crippen LogP contribution in [-0.4, -0.2) is 0 Å². The van der Waals surface area contributed by atoms with E-state index in [4.69, 9.17) is 0 Å². The summed E-state index contributed by atoms with van der Waals surface area (Å²) in [5, 5.41) is 2.30. The Morgan fingerprint density at radius 2 is 1.83 bits per heavy atom. The first-order valence-electron chi connectivity index (χ1n) is 10.8. The summed E-state index contributed by atoms with van der Waals surface area (Å²) < 4.78 is 1.36. The van der Waals surface area contributed by atoms with E-state index in [9.17, 15) is 0 Å². The Morgan fingerprint density at radius 3 is 2.55 bits per heavy atom. The fourth-order valence-electron chi connectivity index (χ4n) is 4.11. The first-order chi connectivity index (χ1) is 13.8. The highest BCUT2D eigenvalue weighted by Crippen LogP contribution is 2.32. The van der Waals surface area contributed by atoms with Crippen LogP contribution in [-0.2, 0) is 19.3 Å². The summed E-state index contributed by atoms with van der Waals surface area (Å²) in [6, 6.07) is 11.7. The Kier molecular flexibility index (Phi) is 8.09. The zero-order valence-electron chi connectivity index (χ0n) is 18.3. The Morgan fingerprint density at radius 1 is 1.10 bits per heavy atom. The molecule has 0 saturated carbocycles. The molecule has 0 spiro atoms. The SMILES string of the molecule is C=C(S/C=C(\C)Cc1cc(C)c(I)cc1C(C)C)c1ccc2c(c1)CCCCC2. The van der Waals surface area contributed by atoms with Crippen LogP contribution >= 0.6 is 34.4 Å². The zero-order valence-corrected chi connectivity index (χ0v) is 21.3. The minimum atomic E-state index is 0.550. The van der Waals surface area contributed by atoms with Gasteiger partial charge in [0.2, 0.25) is 0 Å². The molecule has 2 aromatic rings. The van der Waals surface area contributed by atoms with Gasteiger partial charge in [-0.1, -0.05) is 68.4 Å². The van der Waals surface area contributed by atoms with Gasteiger partial charge < -0.3 is 0 Å². The molecular weight excluding hydrogens is 483 g/mol. The van der Waals surface area contributed by atoms with Gasteiger partial charge in [0.1, 0.15) is 0 Å². The van der Waals surface area contributed by atoms with Gasteiger partial charge in [-0.3, -0.25) is 0 Å². The summed E-state index contributed by atoms with van der Waals surface area (Å²) >= 11 is 4.23.